The highest BCUT2D eigenvalue weighted by molar-refractivity contribution is 5.84. The molecule has 0 saturated heterocycles. The molecule has 0 fully saturated rings. The van der Waals surface area contributed by atoms with Crippen LogP contribution in [0.3, 0.4) is 0 Å². The summed E-state index contributed by atoms with van der Waals surface area (Å²) in [6.07, 6.45) is -0.737. The van der Waals surface area contributed by atoms with Crippen molar-refractivity contribution in [2.45, 2.75) is 19.6 Å². The Kier molecular flexibility index (Phi) is 5.00. The number of aliphatic hydroxyl groups is 2. The van der Waals surface area contributed by atoms with Gasteiger partial charge >= 0.3 is 0 Å². The Balaban J connectivity index is 2.18. The van der Waals surface area contributed by atoms with Crippen LogP contribution in [0.5, 0.6) is 0 Å². The fourth-order valence-corrected chi connectivity index (χ4v) is 2.30. The maximum Gasteiger partial charge on any atom is 0.0942 e. The molecule has 5 nitrogen and oxygen atoms in total. The lowest BCUT2D eigenvalue weighted by Crippen LogP contribution is -2.22. The third-order valence-electron chi connectivity index (χ3n) is 3.38. The largest absolute Gasteiger partial charge is 0.394 e. The number of nitrogens with zero attached hydrogens (tertiary/aromatic N) is 1. The molecule has 1 aromatic heterocycles. The lowest BCUT2D eigenvalue weighted by Gasteiger charge is -2.11. The quantitative estimate of drug-likeness (QED) is 0.715. The molecule has 0 radical (unpaired) electrons. The van der Waals surface area contributed by atoms with E-state index in [1.54, 1.807) is 7.11 Å². The van der Waals surface area contributed by atoms with Gasteiger partial charge in [0.2, 0.25) is 0 Å². The number of anilines is 1. The first kappa shape index (κ1) is 14.8. The van der Waals surface area contributed by atoms with Crippen molar-refractivity contribution in [3.63, 3.8) is 0 Å². The molecule has 5 heteroatoms. The van der Waals surface area contributed by atoms with Gasteiger partial charge in [-0.25, -0.2) is 0 Å². The van der Waals surface area contributed by atoms with Gasteiger partial charge in [-0.2, -0.15) is 0 Å². The molecule has 0 amide bonds. The van der Waals surface area contributed by atoms with Crippen LogP contribution in [0, 0.1) is 6.92 Å². The number of nitrogens with one attached hydrogen (secondary N) is 1. The molecule has 0 aliphatic carbocycles. The van der Waals surface area contributed by atoms with Crippen molar-refractivity contribution < 1.29 is 14.9 Å². The number of fused-ring (bicyclic) bond motifs is 1. The van der Waals surface area contributed by atoms with Crippen molar-refractivity contribution in [2.24, 2.45) is 0 Å². The summed E-state index contributed by atoms with van der Waals surface area (Å²) in [5.74, 6) is 0. The van der Waals surface area contributed by atoms with Crippen molar-refractivity contribution in [3.8, 4) is 0 Å². The SMILES string of the molecule is COCCn1c(C)cc2cc(NCC(O)CO)ccc21. The van der Waals surface area contributed by atoms with E-state index in [4.69, 9.17) is 9.84 Å². The van der Waals surface area contributed by atoms with Crippen molar-refractivity contribution in [1.82, 2.24) is 4.57 Å². The van der Waals surface area contributed by atoms with E-state index in [9.17, 15) is 5.11 Å². The summed E-state index contributed by atoms with van der Waals surface area (Å²) in [4.78, 5) is 0. The van der Waals surface area contributed by atoms with Gasteiger partial charge in [0.15, 0.2) is 0 Å². The fourth-order valence-electron chi connectivity index (χ4n) is 2.30. The molecule has 2 aromatic rings. The van der Waals surface area contributed by atoms with E-state index in [-0.39, 0.29) is 6.61 Å². The van der Waals surface area contributed by atoms with Crippen LogP contribution in [0.15, 0.2) is 24.3 Å². The summed E-state index contributed by atoms with van der Waals surface area (Å²) in [6.45, 7) is 3.71. The number of aryl methyl sites for hydroxylation is 1. The number of rotatable bonds is 7. The van der Waals surface area contributed by atoms with Crippen LogP contribution in [-0.2, 0) is 11.3 Å². The van der Waals surface area contributed by atoms with Crippen molar-refractivity contribution in [2.75, 3.05) is 32.2 Å². The van der Waals surface area contributed by atoms with Crippen LogP contribution in [0.2, 0.25) is 0 Å². The summed E-state index contributed by atoms with van der Waals surface area (Å²) >= 11 is 0. The van der Waals surface area contributed by atoms with Crippen LogP contribution in [0.25, 0.3) is 10.9 Å². The molecule has 0 aliphatic heterocycles. The van der Waals surface area contributed by atoms with Gasteiger partial charge in [0, 0.05) is 42.5 Å². The van der Waals surface area contributed by atoms with E-state index in [0.717, 1.165) is 17.6 Å². The first-order valence-corrected chi connectivity index (χ1v) is 6.77. The molecular weight excluding hydrogens is 256 g/mol. The smallest absolute Gasteiger partial charge is 0.0942 e. The average molecular weight is 278 g/mol. The predicted octanol–water partition coefficient (Wildman–Crippen LogP) is 1.36. The summed E-state index contributed by atoms with van der Waals surface area (Å²) in [6, 6.07) is 8.23. The number of hydrogen-bond donors (Lipinski definition) is 3. The van der Waals surface area contributed by atoms with Gasteiger partial charge in [-0.1, -0.05) is 0 Å². The fraction of sp³-hybridized carbons (Fsp3) is 0.467. The van der Waals surface area contributed by atoms with E-state index >= 15 is 0 Å². The second kappa shape index (κ2) is 6.74. The normalized spacial score (nSPS) is 12.8. The molecule has 0 aliphatic rings. The summed E-state index contributed by atoms with van der Waals surface area (Å²) in [5, 5.41) is 22.4. The van der Waals surface area contributed by atoms with Gasteiger partial charge < -0.3 is 24.8 Å². The molecule has 1 aromatic carbocycles. The number of ether oxygens (including phenoxy) is 1. The zero-order valence-electron chi connectivity index (χ0n) is 12.0. The standard InChI is InChI=1S/C15H22N2O3/c1-11-7-12-8-13(16-9-14(19)10-18)3-4-15(12)17(11)5-6-20-2/h3-4,7-8,14,16,18-19H,5-6,9-10H2,1-2H3. The lowest BCUT2D eigenvalue weighted by molar-refractivity contribution is 0.105. The Morgan fingerprint density at radius 3 is 2.85 bits per heavy atom. The van der Waals surface area contributed by atoms with E-state index in [1.165, 1.54) is 11.2 Å². The first-order valence-electron chi connectivity index (χ1n) is 6.77. The molecule has 0 saturated carbocycles. The van der Waals surface area contributed by atoms with E-state index in [1.807, 2.05) is 6.07 Å². The third kappa shape index (κ3) is 3.30. The highest BCUT2D eigenvalue weighted by atomic mass is 16.5. The minimum atomic E-state index is -0.737. The molecule has 110 valence electrons. The maximum absolute atomic E-state index is 9.35. The number of aliphatic hydroxyl groups excluding tert-OH is 2. The molecule has 1 atom stereocenters. The molecule has 1 unspecified atom stereocenters. The molecule has 1 heterocycles. The zero-order valence-corrected chi connectivity index (χ0v) is 12.0. The number of benzene rings is 1. The first-order chi connectivity index (χ1) is 9.65. The summed E-state index contributed by atoms with van der Waals surface area (Å²) in [5.41, 5.74) is 3.31. The number of methoxy groups -OCH3 is 1. The van der Waals surface area contributed by atoms with Crippen molar-refractivity contribution >= 4 is 16.6 Å². The lowest BCUT2D eigenvalue weighted by atomic mass is 10.2. The van der Waals surface area contributed by atoms with Crippen molar-refractivity contribution in [1.29, 1.82) is 0 Å². The zero-order chi connectivity index (χ0) is 14.5. The third-order valence-corrected chi connectivity index (χ3v) is 3.38. The van der Waals surface area contributed by atoms with Gasteiger partial charge in [0.1, 0.15) is 0 Å². The Bertz CT molecular complexity index is 565. The van der Waals surface area contributed by atoms with Gasteiger partial charge in [0.05, 0.1) is 19.3 Å². The number of aromatic nitrogens is 1. The topological polar surface area (TPSA) is 66.7 Å². The minimum Gasteiger partial charge on any atom is -0.394 e. The highest BCUT2D eigenvalue weighted by Crippen LogP contribution is 2.23. The average Bonchev–Trinajstić information content (AvgIpc) is 2.77. The van der Waals surface area contributed by atoms with Gasteiger partial charge in [0.25, 0.3) is 0 Å². The van der Waals surface area contributed by atoms with Crippen LogP contribution in [-0.4, -0.2) is 47.8 Å². The summed E-state index contributed by atoms with van der Waals surface area (Å²) < 4.78 is 7.36. The Morgan fingerprint density at radius 1 is 1.35 bits per heavy atom. The molecular formula is C15H22N2O3. The maximum atomic E-state index is 9.35. The predicted molar refractivity (Wildman–Crippen MR) is 80.1 cm³/mol. The van der Waals surface area contributed by atoms with Crippen LogP contribution in [0.1, 0.15) is 5.69 Å². The second-order valence-electron chi connectivity index (χ2n) is 4.92. The van der Waals surface area contributed by atoms with Crippen molar-refractivity contribution in [3.05, 3.63) is 30.0 Å². The second-order valence-corrected chi connectivity index (χ2v) is 4.92. The highest BCUT2D eigenvalue weighted by Gasteiger charge is 2.07. The van der Waals surface area contributed by atoms with Crippen LogP contribution in [0.4, 0.5) is 5.69 Å². The molecule has 20 heavy (non-hydrogen) atoms. The van der Waals surface area contributed by atoms with Crippen LogP contribution < -0.4 is 5.32 Å². The molecule has 2 rings (SSSR count). The Labute approximate surface area is 118 Å². The van der Waals surface area contributed by atoms with Gasteiger partial charge in [-0.15, -0.1) is 0 Å². The Morgan fingerprint density at radius 2 is 2.15 bits per heavy atom. The molecule has 3 N–H and O–H groups in total. The van der Waals surface area contributed by atoms with E-state index < -0.39 is 6.10 Å². The van der Waals surface area contributed by atoms with E-state index in [0.29, 0.717) is 13.2 Å². The Hall–Kier alpha value is -1.56. The van der Waals surface area contributed by atoms with Gasteiger partial charge in [-0.3, -0.25) is 0 Å². The summed E-state index contributed by atoms with van der Waals surface area (Å²) in [7, 11) is 1.70. The number of hydrogen-bond acceptors (Lipinski definition) is 4. The van der Waals surface area contributed by atoms with Gasteiger partial charge in [-0.05, 0) is 31.2 Å². The monoisotopic (exact) mass is 278 g/mol. The minimum absolute atomic E-state index is 0.234. The molecule has 0 spiro atoms. The van der Waals surface area contributed by atoms with Crippen LogP contribution >= 0.6 is 0 Å². The molecule has 0 bridgehead atoms. The van der Waals surface area contributed by atoms with E-state index in [2.05, 4.69) is 35.0 Å².